The number of hydrogen-bond acceptors (Lipinski definition) is 2. The van der Waals surface area contributed by atoms with Gasteiger partial charge in [-0.2, -0.15) is 0 Å². The van der Waals surface area contributed by atoms with Gasteiger partial charge in [0.25, 0.3) is 0 Å². The molecule has 0 atom stereocenters. The largest absolute Gasteiger partial charge is 0.478 e. The van der Waals surface area contributed by atoms with Gasteiger partial charge in [0.1, 0.15) is 0 Å². The van der Waals surface area contributed by atoms with Crippen LogP contribution in [0, 0.1) is 0 Å². The van der Waals surface area contributed by atoms with Gasteiger partial charge in [-0.3, -0.25) is 0 Å². The minimum absolute atomic E-state index is 0.351. The average Bonchev–Trinajstić information content (AvgIpc) is 2.60. The molecule has 0 saturated carbocycles. The van der Waals surface area contributed by atoms with E-state index in [1.165, 1.54) is 89.9 Å². The summed E-state index contributed by atoms with van der Waals surface area (Å²) in [6.07, 6.45) is 23.5. The van der Waals surface area contributed by atoms with E-state index in [-0.39, 0.29) is 0 Å². The standard InChI is InChI=1S/C22H42O3/c1-21(22(24)25)19-17-15-13-11-9-7-5-3-2-4-6-8-10-12-14-16-18-20-23/h19,23H,2-18,20H2,1H3,(H,24,25). The fourth-order valence-corrected chi connectivity index (χ4v) is 3.14. The molecule has 0 aromatic carbocycles. The molecule has 0 aliphatic rings. The summed E-state index contributed by atoms with van der Waals surface area (Å²) < 4.78 is 0. The molecule has 0 aliphatic carbocycles. The average molecular weight is 355 g/mol. The zero-order valence-electron chi connectivity index (χ0n) is 16.6. The van der Waals surface area contributed by atoms with Crippen molar-refractivity contribution in [2.45, 2.75) is 116 Å². The van der Waals surface area contributed by atoms with Crippen molar-refractivity contribution in [2.24, 2.45) is 0 Å². The molecule has 0 heterocycles. The van der Waals surface area contributed by atoms with Gasteiger partial charge in [-0.05, 0) is 26.2 Å². The maximum Gasteiger partial charge on any atom is 0.330 e. The molecule has 0 spiro atoms. The van der Waals surface area contributed by atoms with Crippen molar-refractivity contribution >= 4 is 5.97 Å². The molecule has 0 aromatic heterocycles. The van der Waals surface area contributed by atoms with Gasteiger partial charge in [0.15, 0.2) is 0 Å². The normalized spacial score (nSPS) is 11.8. The molecule has 0 rings (SSSR count). The summed E-state index contributed by atoms with van der Waals surface area (Å²) in [5, 5.41) is 17.5. The minimum Gasteiger partial charge on any atom is -0.478 e. The molecule has 25 heavy (non-hydrogen) atoms. The molecular formula is C22H42O3. The first-order chi connectivity index (χ1) is 12.2. The Morgan fingerprint density at radius 3 is 1.28 bits per heavy atom. The third-order valence-corrected chi connectivity index (χ3v) is 4.90. The van der Waals surface area contributed by atoms with E-state index in [9.17, 15) is 4.79 Å². The highest BCUT2D eigenvalue weighted by Gasteiger charge is 1.98. The number of aliphatic carboxylic acids is 1. The highest BCUT2D eigenvalue weighted by atomic mass is 16.4. The molecule has 0 fully saturated rings. The molecule has 0 radical (unpaired) electrons. The molecule has 0 bridgehead atoms. The lowest BCUT2D eigenvalue weighted by Crippen LogP contribution is -1.95. The second-order valence-corrected chi connectivity index (χ2v) is 7.36. The third-order valence-electron chi connectivity index (χ3n) is 4.90. The molecule has 3 heteroatoms. The lowest BCUT2D eigenvalue weighted by molar-refractivity contribution is -0.132. The summed E-state index contributed by atoms with van der Waals surface area (Å²) in [5.41, 5.74) is 0.474. The van der Waals surface area contributed by atoms with E-state index in [0.29, 0.717) is 12.2 Å². The van der Waals surface area contributed by atoms with Gasteiger partial charge < -0.3 is 10.2 Å². The molecule has 0 amide bonds. The number of rotatable bonds is 19. The van der Waals surface area contributed by atoms with Crippen molar-refractivity contribution in [3.8, 4) is 0 Å². The summed E-state index contributed by atoms with van der Waals surface area (Å²) >= 11 is 0. The molecule has 0 aliphatic heterocycles. The van der Waals surface area contributed by atoms with Crippen molar-refractivity contribution in [3.05, 3.63) is 11.6 Å². The summed E-state index contributed by atoms with van der Waals surface area (Å²) in [5.74, 6) is -0.793. The smallest absolute Gasteiger partial charge is 0.330 e. The number of aliphatic hydroxyl groups excluding tert-OH is 1. The van der Waals surface area contributed by atoms with E-state index in [4.69, 9.17) is 10.2 Å². The van der Waals surface area contributed by atoms with Crippen molar-refractivity contribution in [2.75, 3.05) is 6.61 Å². The van der Waals surface area contributed by atoms with Crippen LogP contribution < -0.4 is 0 Å². The van der Waals surface area contributed by atoms with Gasteiger partial charge >= 0.3 is 5.97 Å². The number of carboxylic acids is 1. The van der Waals surface area contributed by atoms with Crippen LogP contribution in [0.15, 0.2) is 11.6 Å². The van der Waals surface area contributed by atoms with Crippen LogP contribution in [0.5, 0.6) is 0 Å². The first-order valence-electron chi connectivity index (χ1n) is 10.7. The van der Waals surface area contributed by atoms with Crippen molar-refractivity contribution in [1.29, 1.82) is 0 Å². The van der Waals surface area contributed by atoms with E-state index in [1.54, 1.807) is 6.92 Å². The predicted molar refractivity (Wildman–Crippen MR) is 107 cm³/mol. The highest BCUT2D eigenvalue weighted by Crippen LogP contribution is 2.14. The monoisotopic (exact) mass is 354 g/mol. The number of carbonyl (C=O) groups is 1. The quantitative estimate of drug-likeness (QED) is 0.202. The van der Waals surface area contributed by atoms with Crippen LogP contribution in [-0.4, -0.2) is 22.8 Å². The summed E-state index contributed by atoms with van der Waals surface area (Å²) in [6.45, 7) is 2.02. The first kappa shape index (κ1) is 24.2. The van der Waals surface area contributed by atoms with Gasteiger partial charge in [-0.25, -0.2) is 4.79 Å². The lowest BCUT2D eigenvalue weighted by Gasteiger charge is -2.03. The SMILES string of the molecule is CC(=CCCCCCCCCCCCCCCCCCCO)C(=O)O. The molecular weight excluding hydrogens is 312 g/mol. The van der Waals surface area contributed by atoms with Gasteiger partial charge in [-0.15, -0.1) is 0 Å². The minimum atomic E-state index is -0.793. The van der Waals surface area contributed by atoms with E-state index >= 15 is 0 Å². The molecule has 0 aromatic rings. The Bertz CT molecular complexity index is 323. The van der Waals surface area contributed by atoms with E-state index in [2.05, 4.69) is 0 Å². The van der Waals surface area contributed by atoms with Crippen molar-refractivity contribution in [1.82, 2.24) is 0 Å². The topological polar surface area (TPSA) is 57.5 Å². The van der Waals surface area contributed by atoms with E-state index < -0.39 is 5.97 Å². The van der Waals surface area contributed by atoms with Gasteiger partial charge in [-0.1, -0.05) is 96.0 Å². The van der Waals surface area contributed by atoms with Crippen LogP contribution in [0.25, 0.3) is 0 Å². The third kappa shape index (κ3) is 19.3. The Morgan fingerprint density at radius 2 is 0.960 bits per heavy atom. The summed E-state index contributed by atoms with van der Waals surface area (Å²) in [6, 6.07) is 0. The zero-order valence-corrected chi connectivity index (χ0v) is 16.6. The summed E-state index contributed by atoms with van der Waals surface area (Å²) in [7, 11) is 0. The fraction of sp³-hybridized carbons (Fsp3) is 0.864. The number of aliphatic hydroxyl groups is 1. The second-order valence-electron chi connectivity index (χ2n) is 7.36. The Balaban J connectivity index is 3.10. The Hall–Kier alpha value is -0.830. The number of unbranched alkanes of at least 4 members (excludes halogenated alkanes) is 16. The summed E-state index contributed by atoms with van der Waals surface area (Å²) in [4.78, 5) is 10.6. The Morgan fingerprint density at radius 1 is 0.640 bits per heavy atom. The lowest BCUT2D eigenvalue weighted by atomic mass is 10.0. The fourth-order valence-electron chi connectivity index (χ4n) is 3.14. The number of allylic oxidation sites excluding steroid dienone is 1. The van der Waals surface area contributed by atoms with Crippen LogP contribution in [-0.2, 0) is 4.79 Å². The zero-order chi connectivity index (χ0) is 18.6. The molecule has 3 nitrogen and oxygen atoms in total. The van der Waals surface area contributed by atoms with Crippen LogP contribution in [0.1, 0.15) is 116 Å². The first-order valence-corrected chi connectivity index (χ1v) is 10.7. The Kier molecular flexibility index (Phi) is 18.8. The Labute approximate surface area is 155 Å². The predicted octanol–water partition coefficient (Wildman–Crippen LogP) is 6.64. The van der Waals surface area contributed by atoms with Gasteiger partial charge in [0.05, 0.1) is 0 Å². The maximum absolute atomic E-state index is 10.6. The van der Waals surface area contributed by atoms with Crippen LogP contribution in [0.4, 0.5) is 0 Å². The van der Waals surface area contributed by atoms with Crippen LogP contribution >= 0.6 is 0 Å². The molecule has 2 N–H and O–H groups in total. The van der Waals surface area contributed by atoms with Crippen molar-refractivity contribution < 1.29 is 15.0 Å². The van der Waals surface area contributed by atoms with Crippen LogP contribution in [0.2, 0.25) is 0 Å². The number of carboxylic acid groups (broad SMARTS) is 1. The number of hydrogen-bond donors (Lipinski definition) is 2. The van der Waals surface area contributed by atoms with Gasteiger partial charge in [0.2, 0.25) is 0 Å². The van der Waals surface area contributed by atoms with Crippen molar-refractivity contribution in [3.63, 3.8) is 0 Å². The highest BCUT2D eigenvalue weighted by molar-refractivity contribution is 5.85. The van der Waals surface area contributed by atoms with Gasteiger partial charge in [0, 0.05) is 12.2 Å². The second kappa shape index (κ2) is 19.5. The van der Waals surface area contributed by atoms with E-state index in [0.717, 1.165) is 19.3 Å². The molecule has 148 valence electrons. The molecule has 0 unspecified atom stereocenters. The maximum atomic E-state index is 10.6. The van der Waals surface area contributed by atoms with Crippen LogP contribution in [0.3, 0.4) is 0 Å². The molecule has 0 saturated heterocycles. The van der Waals surface area contributed by atoms with E-state index in [1.807, 2.05) is 6.08 Å².